The second-order valence-electron chi connectivity index (χ2n) is 8.46. The quantitative estimate of drug-likeness (QED) is 0.162. The van der Waals surface area contributed by atoms with Crippen molar-refractivity contribution < 1.29 is 42.6 Å². The van der Waals surface area contributed by atoms with E-state index in [2.05, 4.69) is 19.9 Å². The molecular formula is C28H34N4O9. The van der Waals surface area contributed by atoms with Crippen molar-refractivity contribution in [3.63, 3.8) is 0 Å². The lowest BCUT2D eigenvalue weighted by Gasteiger charge is -2.16. The maximum atomic E-state index is 6.26. The number of ether oxygens (including phenoxy) is 9. The van der Waals surface area contributed by atoms with Gasteiger partial charge in [0, 0.05) is 40.6 Å². The van der Waals surface area contributed by atoms with Crippen LogP contribution in [-0.4, -0.2) is 101 Å². The van der Waals surface area contributed by atoms with Crippen LogP contribution in [0.1, 0.15) is 0 Å². The summed E-state index contributed by atoms with van der Waals surface area (Å²) >= 11 is 0. The van der Waals surface area contributed by atoms with E-state index in [-0.39, 0.29) is 11.8 Å². The molecule has 0 aliphatic carbocycles. The molecule has 0 atom stereocenters. The molecule has 220 valence electrons. The molecule has 2 heterocycles. The second-order valence-corrected chi connectivity index (χ2v) is 8.46. The number of rotatable bonds is 18. The Labute approximate surface area is 237 Å². The summed E-state index contributed by atoms with van der Waals surface area (Å²) in [7, 11) is 6.43. The van der Waals surface area contributed by atoms with Crippen molar-refractivity contribution in [2.45, 2.75) is 0 Å². The lowest BCUT2D eigenvalue weighted by atomic mass is 10.2. The van der Waals surface area contributed by atoms with Crippen molar-refractivity contribution in [2.75, 3.05) is 81.3 Å². The molecule has 0 aliphatic rings. The van der Waals surface area contributed by atoms with Gasteiger partial charge in [-0.2, -0.15) is 0 Å². The summed E-state index contributed by atoms with van der Waals surface area (Å²) in [6.07, 6.45) is 2.82. The molecule has 13 nitrogen and oxygen atoms in total. The molecule has 0 N–H and O–H groups in total. The van der Waals surface area contributed by atoms with E-state index in [9.17, 15) is 0 Å². The monoisotopic (exact) mass is 570 g/mol. The van der Waals surface area contributed by atoms with Gasteiger partial charge in [0.25, 0.3) is 0 Å². The van der Waals surface area contributed by atoms with Gasteiger partial charge in [-0.15, -0.1) is 0 Å². The van der Waals surface area contributed by atoms with Crippen LogP contribution in [0.4, 0.5) is 0 Å². The van der Waals surface area contributed by atoms with Crippen molar-refractivity contribution in [3.05, 3.63) is 36.9 Å². The molecular weight excluding hydrogens is 536 g/mol. The lowest BCUT2D eigenvalue weighted by Crippen LogP contribution is -2.09. The molecule has 0 saturated heterocycles. The van der Waals surface area contributed by atoms with Crippen LogP contribution >= 0.6 is 0 Å². The normalized spacial score (nSPS) is 11.1. The average Bonchev–Trinajstić information content (AvgIpc) is 2.98. The average molecular weight is 571 g/mol. The zero-order chi connectivity index (χ0) is 28.9. The first-order valence-corrected chi connectivity index (χ1v) is 12.9. The standard InChI is InChI=1S/C28H34N4O9/c1-33-5-9-37-23-13-19-21(15-25(23)39-11-7-35-3)29-17-31-27(19)41-28-20-14-24(38-10-6-34-2)26(40-12-8-36-4)16-22(20)30-18-32-28/h13-18H,5-12H2,1-4H3. The van der Waals surface area contributed by atoms with E-state index in [0.29, 0.717) is 97.7 Å². The van der Waals surface area contributed by atoms with E-state index >= 15 is 0 Å². The highest BCUT2D eigenvalue weighted by Crippen LogP contribution is 2.39. The maximum Gasteiger partial charge on any atom is 0.232 e. The minimum atomic E-state index is 0.275. The number of methoxy groups -OCH3 is 4. The molecule has 0 amide bonds. The molecule has 0 bridgehead atoms. The van der Waals surface area contributed by atoms with E-state index in [4.69, 9.17) is 42.6 Å². The fourth-order valence-corrected chi connectivity index (χ4v) is 3.73. The van der Waals surface area contributed by atoms with Gasteiger partial charge >= 0.3 is 0 Å². The summed E-state index contributed by atoms with van der Waals surface area (Å²) in [5.41, 5.74) is 1.19. The summed E-state index contributed by atoms with van der Waals surface area (Å²) in [6, 6.07) is 7.08. The van der Waals surface area contributed by atoms with Crippen LogP contribution in [0.25, 0.3) is 21.8 Å². The van der Waals surface area contributed by atoms with Gasteiger partial charge in [0.15, 0.2) is 23.0 Å². The van der Waals surface area contributed by atoms with Crippen molar-refractivity contribution >= 4 is 21.8 Å². The summed E-state index contributed by atoms with van der Waals surface area (Å²) in [5, 5.41) is 1.20. The molecule has 2 aromatic heterocycles. The topological polar surface area (TPSA) is 135 Å². The maximum absolute atomic E-state index is 6.26. The van der Waals surface area contributed by atoms with E-state index in [1.54, 1.807) is 52.7 Å². The van der Waals surface area contributed by atoms with Gasteiger partial charge in [-0.3, -0.25) is 0 Å². The van der Waals surface area contributed by atoms with Crippen molar-refractivity contribution in [2.24, 2.45) is 0 Å². The molecule has 4 aromatic rings. The Morgan fingerprint density at radius 1 is 0.439 bits per heavy atom. The van der Waals surface area contributed by atoms with E-state index in [0.717, 1.165) is 0 Å². The number of fused-ring (bicyclic) bond motifs is 2. The number of hydrogen-bond acceptors (Lipinski definition) is 13. The number of nitrogens with zero attached hydrogens (tertiary/aromatic N) is 4. The van der Waals surface area contributed by atoms with Crippen LogP contribution in [0, 0.1) is 0 Å². The number of aromatic nitrogens is 4. The predicted octanol–water partition coefficient (Wildman–Crippen LogP) is 3.47. The minimum absolute atomic E-state index is 0.275. The zero-order valence-electron chi connectivity index (χ0n) is 23.6. The Hall–Kier alpha value is -4.04. The molecule has 0 saturated carbocycles. The van der Waals surface area contributed by atoms with E-state index in [1.165, 1.54) is 12.7 Å². The third kappa shape index (κ3) is 8.01. The van der Waals surface area contributed by atoms with Crippen LogP contribution in [0.5, 0.6) is 34.8 Å². The Bertz CT molecular complexity index is 1300. The zero-order valence-corrected chi connectivity index (χ0v) is 23.6. The van der Waals surface area contributed by atoms with Crippen molar-refractivity contribution in [1.29, 1.82) is 0 Å². The van der Waals surface area contributed by atoms with Gasteiger partial charge in [0.1, 0.15) is 39.1 Å². The molecule has 0 radical (unpaired) electrons. The molecule has 0 aliphatic heterocycles. The van der Waals surface area contributed by atoms with Crippen LogP contribution in [0.2, 0.25) is 0 Å². The third-order valence-electron chi connectivity index (χ3n) is 5.70. The molecule has 4 rings (SSSR count). The SMILES string of the molecule is COCCOc1cc2ncnc(Oc3ncnc4cc(OCCOC)c(OCCOC)cc34)c2cc1OCCOC. The second kappa shape index (κ2) is 15.7. The van der Waals surface area contributed by atoms with Gasteiger partial charge in [0.05, 0.1) is 48.2 Å². The largest absolute Gasteiger partial charge is 0.487 e. The van der Waals surface area contributed by atoms with Gasteiger partial charge in [-0.1, -0.05) is 0 Å². The molecule has 13 heteroatoms. The van der Waals surface area contributed by atoms with E-state index in [1.807, 2.05) is 0 Å². The number of benzene rings is 2. The Kier molecular flexibility index (Phi) is 11.4. The van der Waals surface area contributed by atoms with Crippen LogP contribution in [-0.2, 0) is 18.9 Å². The van der Waals surface area contributed by atoms with Gasteiger partial charge in [-0.25, -0.2) is 19.9 Å². The van der Waals surface area contributed by atoms with Crippen molar-refractivity contribution in [1.82, 2.24) is 19.9 Å². The van der Waals surface area contributed by atoms with Gasteiger partial charge < -0.3 is 42.6 Å². The predicted molar refractivity (Wildman–Crippen MR) is 149 cm³/mol. The Morgan fingerprint density at radius 3 is 1.12 bits per heavy atom. The molecule has 41 heavy (non-hydrogen) atoms. The highest BCUT2D eigenvalue weighted by atomic mass is 16.6. The molecule has 0 unspecified atom stereocenters. The van der Waals surface area contributed by atoms with E-state index < -0.39 is 0 Å². The summed E-state index contributed by atoms with van der Waals surface area (Å²) < 4.78 is 50.3. The smallest absolute Gasteiger partial charge is 0.232 e. The first-order chi connectivity index (χ1) is 20.2. The molecule has 0 fully saturated rings. The number of hydrogen-bond donors (Lipinski definition) is 0. The van der Waals surface area contributed by atoms with Gasteiger partial charge in [-0.05, 0) is 12.1 Å². The fourth-order valence-electron chi connectivity index (χ4n) is 3.73. The summed E-state index contributed by atoms with van der Waals surface area (Å²) in [4.78, 5) is 17.6. The first-order valence-electron chi connectivity index (χ1n) is 12.9. The lowest BCUT2D eigenvalue weighted by molar-refractivity contribution is 0.132. The summed E-state index contributed by atoms with van der Waals surface area (Å²) in [6.45, 7) is 2.99. The molecule has 0 spiro atoms. The summed E-state index contributed by atoms with van der Waals surface area (Å²) in [5.74, 6) is 2.56. The highest BCUT2D eigenvalue weighted by molar-refractivity contribution is 5.89. The Balaban J connectivity index is 1.71. The van der Waals surface area contributed by atoms with Crippen LogP contribution in [0.3, 0.4) is 0 Å². The first kappa shape index (κ1) is 29.9. The van der Waals surface area contributed by atoms with Crippen LogP contribution in [0.15, 0.2) is 36.9 Å². The minimum Gasteiger partial charge on any atom is -0.487 e. The molecule has 2 aromatic carbocycles. The fraction of sp³-hybridized carbons (Fsp3) is 0.429. The third-order valence-corrected chi connectivity index (χ3v) is 5.70. The Morgan fingerprint density at radius 2 is 0.780 bits per heavy atom. The van der Waals surface area contributed by atoms with Crippen molar-refractivity contribution in [3.8, 4) is 34.8 Å². The highest BCUT2D eigenvalue weighted by Gasteiger charge is 2.18. The van der Waals surface area contributed by atoms with Gasteiger partial charge in [0.2, 0.25) is 11.8 Å². The van der Waals surface area contributed by atoms with Crippen LogP contribution < -0.4 is 23.7 Å².